The van der Waals surface area contributed by atoms with Crippen LogP contribution >= 0.6 is 23.4 Å². The molecule has 164 valence electrons. The van der Waals surface area contributed by atoms with E-state index < -0.39 is 0 Å². The van der Waals surface area contributed by atoms with Gasteiger partial charge in [0.25, 0.3) is 5.56 Å². The second-order valence-electron chi connectivity index (χ2n) is 6.87. The standard InChI is InChI=1S/C22H23ClFN3O3S/c1-30-12-2-11-27-21(29)18-8-5-16(23)13-19(18)26-22(27)31-14-20(28)25-10-9-15-3-6-17(24)7-4-15/h3-8,13H,2,9-12,14H2,1H3,(H,25,28). The van der Waals surface area contributed by atoms with Crippen LogP contribution in [0.2, 0.25) is 5.02 Å². The number of methoxy groups -OCH3 is 1. The van der Waals surface area contributed by atoms with Crippen molar-refractivity contribution < 1.29 is 13.9 Å². The van der Waals surface area contributed by atoms with E-state index in [4.69, 9.17) is 16.3 Å². The Balaban J connectivity index is 1.67. The monoisotopic (exact) mass is 463 g/mol. The zero-order valence-electron chi connectivity index (χ0n) is 17.1. The summed E-state index contributed by atoms with van der Waals surface area (Å²) in [5.41, 5.74) is 1.27. The number of carbonyl (C=O) groups is 1. The quantitative estimate of drug-likeness (QED) is 0.282. The van der Waals surface area contributed by atoms with Crippen molar-refractivity contribution in [3.63, 3.8) is 0 Å². The first kappa shape index (κ1) is 23.2. The first-order valence-electron chi connectivity index (χ1n) is 9.81. The zero-order valence-corrected chi connectivity index (χ0v) is 18.6. The Morgan fingerprint density at radius 1 is 1.26 bits per heavy atom. The predicted molar refractivity (Wildman–Crippen MR) is 121 cm³/mol. The van der Waals surface area contributed by atoms with Crippen molar-refractivity contribution in [1.82, 2.24) is 14.9 Å². The van der Waals surface area contributed by atoms with Crippen LogP contribution in [-0.4, -0.2) is 41.5 Å². The number of aromatic nitrogens is 2. The number of hydrogen-bond donors (Lipinski definition) is 1. The molecule has 0 aliphatic rings. The van der Waals surface area contributed by atoms with E-state index in [1.54, 1.807) is 42.0 Å². The van der Waals surface area contributed by atoms with Crippen LogP contribution in [0, 0.1) is 5.82 Å². The largest absolute Gasteiger partial charge is 0.385 e. The molecular weight excluding hydrogens is 441 g/mol. The highest BCUT2D eigenvalue weighted by molar-refractivity contribution is 7.99. The maximum absolute atomic E-state index is 13.0. The van der Waals surface area contributed by atoms with Gasteiger partial charge in [-0.15, -0.1) is 0 Å². The zero-order chi connectivity index (χ0) is 22.2. The summed E-state index contributed by atoms with van der Waals surface area (Å²) in [7, 11) is 1.61. The van der Waals surface area contributed by atoms with Gasteiger partial charge in [-0.3, -0.25) is 14.2 Å². The summed E-state index contributed by atoms with van der Waals surface area (Å²) in [4.78, 5) is 29.8. The molecular formula is C22H23ClFN3O3S. The number of halogens is 2. The van der Waals surface area contributed by atoms with Crippen molar-refractivity contribution in [2.75, 3.05) is 26.0 Å². The summed E-state index contributed by atoms with van der Waals surface area (Å²) in [6, 6.07) is 11.1. The molecule has 0 saturated carbocycles. The van der Waals surface area contributed by atoms with Crippen LogP contribution < -0.4 is 10.9 Å². The maximum Gasteiger partial charge on any atom is 0.262 e. The second kappa shape index (κ2) is 11.3. The molecule has 1 aromatic heterocycles. The molecule has 6 nitrogen and oxygen atoms in total. The molecule has 0 aliphatic carbocycles. The van der Waals surface area contributed by atoms with Gasteiger partial charge in [0.2, 0.25) is 5.91 Å². The van der Waals surface area contributed by atoms with Crippen LogP contribution in [0.5, 0.6) is 0 Å². The first-order valence-corrected chi connectivity index (χ1v) is 11.2. The summed E-state index contributed by atoms with van der Waals surface area (Å²) in [5, 5.41) is 4.27. The molecule has 0 radical (unpaired) electrons. The molecule has 0 atom stereocenters. The molecule has 0 spiro atoms. The molecule has 0 fully saturated rings. The van der Waals surface area contributed by atoms with Crippen LogP contribution in [-0.2, 0) is 22.5 Å². The van der Waals surface area contributed by atoms with Crippen molar-refractivity contribution in [2.24, 2.45) is 0 Å². The fourth-order valence-electron chi connectivity index (χ4n) is 3.03. The van der Waals surface area contributed by atoms with E-state index in [2.05, 4.69) is 10.3 Å². The predicted octanol–water partition coefficient (Wildman–Crippen LogP) is 3.68. The Hall–Kier alpha value is -2.42. The third-order valence-corrected chi connectivity index (χ3v) is 5.81. The number of nitrogens with one attached hydrogen (secondary N) is 1. The van der Waals surface area contributed by atoms with Crippen molar-refractivity contribution in [1.29, 1.82) is 0 Å². The second-order valence-corrected chi connectivity index (χ2v) is 8.25. The van der Waals surface area contributed by atoms with Crippen LogP contribution in [0.3, 0.4) is 0 Å². The highest BCUT2D eigenvalue weighted by Gasteiger charge is 2.13. The van der Waals surface area contributed by atoms with Gasteiger partial charge >= 0.3 is 0 Å². The third-order valence-electron chi connectivity index (χ3n) is 4.59. The molecule has 3 rings (SSSR count). The molecule has 1 N–H and O–H groups in total. The minimum Gasteiger partial charge on any atom is -0.385 e. The number of hydrogen-bond acceptors (Lipinski definition) is 5. The first-order chi connectivity index (χ1) is 15.0. The van der Waals surface area contributed by atoms with Gasteiger partial charge in [-0.05, 0) is 48.7 Å². The van der Waals surface area contributed by atoms with E-state index >= 15 is 0 Å². The number of fused-ring (bicyclic) bond motifs is 1. The van der Waals surface area contributed by atoms with Crippen molar-refractivity contribution in [3.05, 3.63) is 69.2 Å². The number of amides is 1. The normalized spacial score (nSPS) is 11.1. The number of carbonyl (C=O) groups excluding carboxylic acids is 1. The fourth-order valence-corrected chi connectivity index (χ4v) is 4.05. The third kappa shape index (κ3) is 6.53. The van der Waals surface area contributed by atoms with Gasteiger partial charge in [-0.1, -0.05) is 35.5 Å². The lowest BCUT2D eigenvalue weighted by Crippen LogP contribution is -2.28. The van der Waals surface area contributed by atoms with Gasteiger partial charge in [-0.25, -0.2) is 9.37 Å². The molecule has 0 saturated heterocycles. The summed E-state index contributed by atoms with van der Waals surface area (Å²) in [5.74, 6) is -0.340. The van der Waals surface area contributed by atoms with Crippen molar-refractivity contribution in [2.45, 2.75) is 24.5 Å². The summed E-state index contributed by atoms with van der Waals surface area (Å²) in [6.45, 7) is 1.39. The summed E-state index contributed by atoms with van der Waals surface area (Å²) < 4.78 is 19.6. The average Bonchev–Trinajstić information content (AvgIpc) is 2.75. The Labute approximate surface area is 188 Å². The summed E-state index contributed by atoms with van der Waals surface area (Å²) >= 11 is 7.25. The van der Waals surface area contributed by atoms with Crippen LogP contribution in [0.15, 0.2) is 52.4 Å². The highest BCUT2D eigenvalue weighted by Crippen LogP contribution is 2.20. The van der Waals surface area contributed by atoms with E-state index in [0.717, 1.165) is 5.56 Å². The van der Waals surface area contributed by atoms with Crippen LogP contribution in [0.25, 0.3) is 10.9 Å². The molecule has 9 heteroatoms. The van der Waals surface area contributed by atoms with E-state index in [9.17, 15) is 14.0 Å². The molecule has 31 heavy (non-hydrogen) atoms. The molecule has 0 unspecified atom stereocenters. The van der Waals surface area contributed by atoms with Crippen molar-refractivity contribution >= 4 is 40.2 Å². The van der Waals surface area contributed by atoms with Gasteiger partial charge in [0.1, 0.15) is 5.82 Å². The highest BCUT2D eigenvalue weighted by atomic mass is 35.5. The van der Waals surface area contributed by atoms with Gasteiger partial charge in [-0.2, -0.15) is 0 Å². The fraction of sp³-hybridized carbons (Fsp3) is 0.318. The lowest BCUT2D eigenvalue weighted by atomic mass is 10.1. The topological polar surface area (TPSA) is 73.2 Å². The molecule has 0 bridgehead atoms. The smallest absolute Gasteiger partial charge is 0.262 e. The van der Waals surface area contributed by atoms with Crippen molar-refractivity contribution in [3.8, 4) is 0 Å². The number of benzene rings is 2. The van der Waals surface area contributed by atoms with Gasteiger partial charge in [0.15, 0.2) is 5.16 Å². The van der Waals surface area contributed by atoms with Crippen LogP contribution in [0.1, 0.15) is 12.0 Å². The number of thioether (sulfide) groups is 1. The minimum absolute atomic E-state index is 0.117. The van der Waals surface area contributed by atoms with E-state index in [0.29, 0.717) is 53.6 Å². The SMILES string of the molecule is COCCCn1c(SCC(=O)NCCc2ccc(F)cc2)nc2cc(Cl)ccc2c1=O. The molecule has 1 amide bonds. The number of rotatable bonds is 10. The molecule has 2 aromatic carbocycles. The maximum atomic E-state index is 13.0. The molecule has 1 heterocycles. The van der Waals surface area contributed by atoms with Crippen LogP contribution in [0.4, 0.5) is 4.39 Å². The molecule has 0 aliphatic heterocycles. The minimum atomic E-state index is -0.287. The van der Waals surface area contributed by atoms with E-state index in [-0.39, 0.29) is 23.0 Å². The van der Waals surface area contributed by atoms with Gasteiger partial charge < -0.3 is 10.1 Å². The summed E-state index contributed by atoms with van der Waals surface area (Å²) in [6.07, 6.45) is 1.25. The Kier molecular flexibility index (Phi) is 8.45. The van der Waals surface area contributed by atoms with Gasteiger partial charge in [0, 0.05) is 31.8 Å². The Bertz CT molecular complexity index is 1110. The Morgan fingerprint density at radius 3 is 2.77 bits per heavy atom. The number of nitrogens with zero attached hydrogens (tertiary/aromatic N) is 2. The van der Waals surface area contributed by atoms with E-state index in [1.807, 2.05) is 0 Å². The van der Waals surface area contributed by atoms with Gasteiger partial charge in [0.05, 0.1) is 16.7 Å². The number of ether oxygens (including phenoxy) is 1. The molecule has 3 aromatic rings. The lowest BCUT2D eigenvalue weighted by molar-refractivity contribution is -0.118. The van der Waals surface area contributed by atoms with E-state index in [1.165, 1.54) is 23.9 Å². The average molecular weight is 464 g/mol. The lowest BCUT2D eigenvalue weighted by Gasteiger charge is -2.13. The Morgan fingerprint density at radius 2 is 2.03 bits per heavy atom.